The molecule has 5 heteroatoms. The molecule has 0 aromatic carbocycles. The number of rotatable bonds is 8. The standard InChI is InChI=1S/C16H29N3OS/c1-5-17-15(18-9-6-7-13(2)3)19-12-16(4,20)14-8-10-21-11-14/h8,10-11,13,20H,5-7,9,12H2,1-4H3,(H2,17,18,19). The zero-order chi connectivity index (χ0) is 15.7. The van der Waals surface area contributed by atoms with E-state index in [2.05, 4.69) is 29.5 Å². The number of guanidine groups is 1. The quantitative estimate of drug-likeness (QED) is 0.393. The van der Waals surface area contributed by atoms with Gasteiger partial charge < -0.3 is 15.7 Å². The van der Waals surface area contributed by atoms with Crippen LogP contribution in [0.4, 0.5) is 0 Å². The largest absolute Gasteiger partial charge is 0.383 e. The third kappa shape index (κ3) is 6.96. The molecule has 1 atom stereocenters. The van der Waals surface area contributed by atoms with E-state index in [-0.39, 0.29) is 0 Å². The van der Waals surface area contributed by atoms with Crippen LogP contribution < -0.4 is 10.6 Å². The molecule has 4 nitrogen and oxygen atoms in total. The Bertz CT molecular complexity index is 413. The van der Waals surface area contributed by atoms with Crippen LogP contribution in [0.2, 0.25) is 0 Å². The molecule has 1 aromatic heterocycles. The second-order valence-electron chi connectivity index (χ2n) is 5.94. The van der Waals surface area contributed by atoms with E-state index in [1.165, 1.54) is 6.42 Å². The van der Waals surface area contributed by atoms with Crippen molar-refractivity contribution in [3.05, 3.63) is 22.4 Å². The number of aliphatic hydroxyl groups is 1. The highest BCUT2D eigenvalue weighted by Gasteiger charge is 2.23. The molecule has 0 aliphatic rings. The number of hydrogen-bond donors (Lipinski definition) is 3. The summed E-state index contributed by atoms with van der Waals surface area (Å²) in [5.74, 6) is 1.50. The van der Waals surface area contributed by atoms with E-state index >= 15 is 0 Å². The Balaban J connectivity index is 2.51. The highest BCUT2D eigenvalue weighted by Crippen LogP contribution is 2.23. The Kier molecular flexibility index (Phi) is 7.75. The lowest BCUT2D eigenvalue weighted by Crippen LogP contribution is -2.39. The summed E-state index contributed by atoms with van der Waals surface area (Å²) in [6.45, 7) is 10.4. The van der Waals surface area contributed by atoms with Gasteiger partial charge in [0.2, 0.25) is 0 Å². The molecule has 0 fully saturated rings. The Hall–Kier alpha value is -1.07. The van der Waals surface area contributed by atoms with Gasteiger partial charge in [-0.1, -0.05) is 13.8 Å². The molecule has 1 aromatic rings. The van der Waals surface area contributed by atoms with E-state index in [9.17, 15) is 5.11 Å². The van der Waals surface area contributed by atoms with Gasteiger partial charge in [0.1, 0.15) is 5.60 Å². The first-order valence-electron chi connectivity index (χ1n) is 7.73. The lowest BCUT2D eigenvalue weighted by atomic mass is 10.00. The Labute approximate surface area is 132 Å². The average Bonchev–Trinajstić information content (AvgIpc) is 2.95. The smallest absolute Gasteiger partial charge is 0.191 e. The van der Waals surface area contributed by atoms with Crippen LogP contribution in [-0.2, 0) is 5.60 Å². The van der Waals surface area contributed by atoms with Crippen molar-refractivity contribution in [3.63, 3.8) is 0 Å². The number of nitrogens with zero attached hydrogens (tertiary/aromatic N) is 1. The van der Waals surface area contributed by atoms with Crippen molar-refractivity contribution in [2.24, 2.45) is 10.9 Å². The molecule has 1 unspecified atom stereocenters. The van der Waals surface area contributed by atoms with Crippen molar-refractivity contribution >= 4 is 17.3 Å². The minimum Gasteiger partial charge on any atom is -0.383 e. The second kappa shape index (κ2) is 9.05. The maximum atomic E-state index is 10.5. The Morgan fingerprint density at radius 2 is 2.19 bits per heavy atom. The number of thiophene rings is 1. The lowest BCUT2D eigenvalue weighted by Gasteiger charge is -2.21. The van der Waals surface area contributed by atoms with Gasteiger partial charge in [-0.15, -0.1) is 0 Å². The first-order valence-corrected chi connectivity index (χ1v) is 8.67. The van der Waals surface area contributed by atoms with Gasteiger partial charge in [-0.3, -0.25) is 0 Å². The van der Waals surface area contributed by atoms with Gasteiger partial charge in [-0.2, -0.15) is 11.3 Å². The van der Waals surface area contributed by atoms with Crippen molar-refractivity contribution in [1.29, 1.82) is 0 Å². The predicted octanol–water partition coefficient (Wildman–Crippen LogP) is 2.95. The molecule has 0 spiro atoms. The maximum absolute atomic E-state index is 10.5. The van der Waals surface area contributed by atoms with Crippen LogP contribution >= 0.6 is 11.3 Å². The lowest BCUT2D eigenvalue weighted by molar-refractivity contribution is 0.0677. The zero-order valence-electron chi connectivity index (χ0n) is 13.6. The van der Waals surface area contributed by atoms with Crippen molar-refractivity contribution in [3.8, 4) is 0 Å². The van der Waals surface area contributed by atoms with E-state index in [0.717, 1.165) is 37.0 Å². The van der Waals surface area contributed by atoms with Gasteiger partial charge >= 0.3 is 0 Å². The molecule has 0 radical (unpaired) electrons. The number of hydrogen-bond acceptors (Lipinski definition) is 3. The second-order valence-corrected chi connectivity index (χ2v) is 6.72. The summed E-state index contributed by atoms with van der Waals surface area (Å²) in [6, 6.07) is 1.95. The van der Waals surface area contributed by atoms with Crippen molar-refractivity contribution in [1.82, 2.24) is 10.6 Å². The van der Waals surface area contributed by atoms with Crippen LogP contribution in [0.15, 0.2) is 21.8 Å². The molecule has 1 heterocycles. The van der Waals surface area contributed by atoms with Crippen molar-refractivity contribution in [2.75, 3.05) is 19.6 Å². The first-order chi connectivity index (χ1) is 9.95. The van der Waals surface area contributed by atoms with Crippen LogP contribution in [0.3, 0.4) is 0 Å². The molecule has 21 heavy (non-hydrogen) atoms. The van der Waals surface area contributed by atoms with E-state index < -0.39 is 5.60 Å². The molecule has 0 aliphatic carbocycles. The molecule has 0 bridgehead atoms. The fourth-order valence-corrected chi connectivity index (χ4v) is 2.74. The normalized spacial score (nSPS) is 15.0. The molecule has 3 N–H and O–H groups in total. The number of nitrogens with one attached hydrogen (secondary N) is 2. The summed E-state index contributed by atoms with van der Waals surface area (Å²) < 4.78 is 0. The molecular formula is C16H29N3OS. The molecule has 0 saturated heterocycles. The first kappa shape index (κ1) is 18.0. The number of aliphatic imine (C=N–C) groups is 1. The predicted molar refractivity (Wildman–Crippen MR) is 91.9 cm³/mol. The van der Waals surface area contributed by atoms with Crippen LogP contribution in [0.25, 0.3) is 0 Å². The molecular weight excluding hydrogens is 282 g/mol. The van der Waals surface area contributed by atoms with Crippen LogP contribution in [0, 0.1) is 5.92 Å². The summed E-state index contributed by atoms with van der Waals surface area (Å²) in [4.78, 5) is 4.51. The Morgan fingerprint density at radius 1 is 1.43 bits per heavy atom. The minimum atomic E-state index is -0.916. The highest BCUT2D eigenvalue weighted by molar-refractivity contribution is 7.08. The highest BCUT2D eigenvalue weighted by atomic mass is 32.1. The summed E-state index contributed by atoms with van der Waals surface area (Å²) in [5.41, 5.74) is 0.00668. The van der Waals surface area contributed by atoms with Gasteiger partial charge in [0.25, 0.3) is 0 Å². The van der Waals surface area contributed by atoms with E-state index in [4.69, 9.17) is 0 Å². The van der Waals surface area contributed by atoms with Crippen LogP contribution in [-0.4, -0.2) is 30.7 Å². The van der Waals surface area contributed by atoms with Crippen LogP contribution in [0.5, 0.6) is 0 Å². The topological polar surface area (TPSA) is 56.7 Å². The third-order valence-electron chi connectivity index (χ3n) is 3.28. The maximum Gasteiger partial charge on any atom is 0.191 e. The molecule has 1 rings (SSSR count). The van der Waals surface area contributed by atoms with Gasteiger partial charge in [0.15, 0.2) is 5.96 Å². The fourth-order valence-electron chi connectivity index (χ4n) is 1.95. The zero-order valence-corrected chi connectivity index (χ0v) is 14.5. The van der Waals surface area contributed by atoms with E-state index in [0.29, 0.717) is 6.54 Å². The van der Waals surface area contributed by atoms with Gasteiger partial charge in [0.05, 0.1) is 6.54 Å². The van der Waals surface area contributed by atoms with E-state index in [1.54, 1.807) is 18.3 Å². The molecule has 120 valence electrons. The third-order valence-corrected chi connectivity index (χ3v) is 3.97. The summed E-state index contributed by atoms with van der Waals surface area (Å²) in [5, 5.41) is 21.0. The SMILES string of the molecule is CCNC(=NCC(C)(O)c1ccsc1)NCCCC(C)C. The Morgan fingerprint density at radius 3 is 2.76 bits per heavy atom. The fraction of sp³-hybridized carbons (Fsp3) is 0.688. The minimum absolute atomic E-state index is 0.350. The molecule has 0 amide bonds. The van der Waals surface area contributed by atoms with Crippen LogP contribution in [0.1, 0.15) is 46.1 Å². The average molecular weight is 311 g/mol. The summed E-state index contributed by atoms with van der Waals surface area (Å²) in [7, 11) is 0. The summed E-state index contributed by atoms with van der Waals surface area (Å²) in [6.07, 6.45) is 2.34. The van der Waals surface area contributed by atoms with E-state index in [1.807, 2.05) is 23.8 Å². The van der Waals surface area contributed by atoms with Gasteiger partial charge in [-0.25, -0.2) is 4.99 Å². The summed E-state index contributed by atoms with van der Waals surface area (Å²) >= 11 is 1.59. The monoisotopic (exact) mass is 311 g/mol. The van der Waals surface area contributed by atoms with Gasteiger partial charge in [-0.05, 0) is 55.0 Å². The van der Waals surface area contributed by atoms with Crippen molar-refractivity contribution in [2.45, 2.75) is 46.1 Å². The van der Waals surface area contributed by atoms with Crippen molar-refractivity contribution < 1.29 is 5.11 Å². The molecule has 0 aliphatic heterocycles. The van der Waals surface area contributed by atoms with Gasteiger partial charge in [0, 0.05) is 13.1 Å². The molecule has 0 saturated carbocycles.